The van der Waals surface area contributed by atoms with Crippen LogP contribution in [-0.4, -0.2) is 0 Å². The molecule has 120 valence electrons. The Morgan fingerprint density at radius 2 is 0.957 bits per heavy atom. The van der Waals surface area contributed by atoms with Gasteiger partial charge in [-0.05, 0) is 85.0 Å². The molecule has 2 aromatic rings. The van der Waals surface area contributed by atoms with Gasteiger partial charge in [-0.25, -0.2) is 0 Å². The summed E-state index contributed by atoms with van der Waals surface area (Å²) in [5.74, 6) is 0. The van der Waals surface area contributed by atoms with Gasteiger partial charge in [0, 0.05) is 19.6 Å². The first-order valence-corrected chi connectivity index (χ1v) is 9.99. The molecule has 0 aliphatic carbocycles. The highest BCUT2D eigenvalue weighted by molar-refractivity contribution is 8.02. The van der Waals surface area contributed by atoms with Crippen molar-refractivity contribution in [1.82, 2.24) is 0 Å². The minimum atomic E-state index is 1.29. The third-order valence-corrected chi connectivity index (χ3v) is 6.54. The lowest BCUT2D eigenvalue weighted by Crippen LogP contribution is -1.88. The van der Waals surface area contributed by atoms with Crippen molar-refractivity contribution in [3.63, 3.8) is 0 Å². The minimum absolute atomic E-state index is 1.29. The molecule has 0 saturated heterocycles. The van der Waals surface area contributed by atoms with Crippen molar-refractivity contribution in [2.24, 2.45) is 0 Å². The zero-order valence-corrected chi connectivity index (χ0v) is 16.6. The Hall–Kier alpha value is -1.03. The van der Waals surface area contributed by atoms with Crippen LogP contribution in [0.25, 0.3) is 0 Å². The largest absolute Gasteiger partial charge is 0.0981 e. The molecule has 0 unspecified atom stereocenters. The van der Waals surface area contributed by atoms with Crippen LogP contribution in [0.5, 0.6) is 0 Å². The molecular weight excluding hydrogens is 336 g/mol. The molecule has 0 N–H and O–H groups in total. The molecule has 0 aliphatic rings. The zero-order chi connectivity index (χ0) is 17.0. The fourth-order valence-electron chi connectivity index (χ4n) is 2.61. The normalized spacial score (nSPS) is 10.6. The lowest BCUT2D eigenvalue weighted by Gasteiger charge is -2.13. The van der Waals surface area contributed by atoms with Crippen molar-refractivity contribution in [3.8, 4) is 0 Å². The van der Waals surface area contributed by atoms with Gasteiger partial charge >= 0.3 is 0 Å². The second-order valence-corrected chi connectivity index (χ2v) is 8.54. The van der Waals surface area contributed by atoms with E-state index < -0.39 is 0 Å². The lowest BCUT2D eigenvalue weighted by atomic mass is 10.1. The maximum Gasteiger partial charge on any atom is 0.0175 e. The van der Waals surface area contributed by atoms with E-state index in [-0.39, 0.29) is 0 Å². The maximum atomic E-state index is 3.82. The molecule has 0 amide bonds. The predicted octanol–water partition coefficient (Wildman–Crippen LogP) is 7.54. The summed E-state index contributed by atoms with van der Waals surface area (Å²) < 4.78 is 0. The smallest absolute Gasteiger partial charge is 0.0175 e. The summed E-state index contributed by atoms with van der Waals surface area (Å²) in [4.78, 5) is 5.21. The Morgan fingerprint density at radius 3 is 1.22 bits per heavy atom. The van der Waals surface area contributed by atoms with Crippen molar-refractivity contribution >= 4 is 35.3 Å². The van der Waals surface area contributed by atoms with E-state index in [1.807, 2.05) is 22.6 Å². The number of hydrogen-bond acceptors (Lipinski definition) is 3. The molecule has 0 spiro atoms. The van der Waals surface area contributed by atoms with Crippen molar-refractivity contribution in [3.05, 3.63) is 70.5 Å². The average molecular weight is 359 g/mol. The SMILES string of the molecule is C=CSc1c(C)cc(Sc2cc(C)c(SC=C)c(C)c2)cc1C. The Kier molecular flexibility index (Phi) is 6.51. The Labute approximate surface area is 152 Å². The monoisotopic (exact) mass is 358 g/mol. The van der Waals surface area contributed by atoms with Crippen molar-refractivity contribution in [2.45, 2.75) is 47.3 Å². The van der Waals surface area contributed by atoms with Gasteiger partial charge < -0.3 is 0 Å². The molecule has 0 bridgehead atoms. The van der Waals surface area contributed by atoms with E-state index in [0.717, 1.165) is 0 Å². The van der Waals surface area contributed by atoms with E-state index in [1.54, 1.807) is 23.5 Å². The predicted molar refractivity (Wildman–Crippen MR) is 108 cm³/mol. The summed E-state index contributed by atoms with van der Waals surface area (Å²) in [5, 5.41) is 3.79. The number of thioether (sulfide) groups is 2. The van der Waals surface area contributed by atoms with Gasteiger partial charge in [-0.15, -0.1) is 0 Å². The average Bonchev–Trinajstić information content (AvgIpc) is 2.47. The first-order chi connectivity index (χ1) is 11.0. The first kappa shape index (κ1) is 18.3. The van der Waals surface area contributed by atoms with Crippen LogP contribution in [0.1, 0.15) is 22.3 Å². The lowest BCUT2D eigenvalue weighted by molar-refractivity contribution is 1.15. The van der Waals surface area contributed by atoms with Crippen LogP contribution in [0.4, 0.5) is 0 Å². The van der Waals surface area contributed by atoms with Gasteiger partial charge in [0.05, 0.1) is 0 Å². The molecule has 0 nitrogen and oxygen atoms in total. The molecule has 0 fully saturated rings. The van der Waals surface area contributed by atoms with Crippen molar-refractivity contribution < 1.29 is 0 Å². The third-order valence-electron chi connectivity index (χ3n) is 3.51. The van der Waals surface area contributed by atoms with Gasteiger partial charge in [0.25, 0.3) is 0 Å². The van der Waals surface area contributed by atoms with Gasteiger partial charge in [-0.3, -0.25) is 0 Å². The fraction of sp³-hybridized carbons (Fsp3) is 0.200. The Balaban J connectivity index is 2.32. The minimum Gasteiger partial charge on any atom is -0.0981 e. The van der Waals surface area contributed by atoms with Crippen LogP contribution >= 0.6 is 35.3 Å². The van der Waals surface area contributed by atoms with Crippen LogP contribution in [0, 0.1) is 27.7 Å². The molecule has 2 aromatic carbocycles. The Morgan fingerprint density at radius 1 is 0.652 bits per heavy atom. The summed E-state index contributed by atoms with van der Waals surface area (Å²) in [7, 11) is 0. The summed E-state index contributed by atoms with van der Waals surface area (Å²) in [6, 6.07) is 9.06. The highest BCUT2D eigenvalue weighted by Gasteiger charge is 2.09. The van der Waals surface area contributed by atoms with E-state index in [1.165, 1.54) is 41.8 Å². The molecule has 23 heavy (non-hydrogen) atoms. The van der Waals surface area contributed by atoms with Gasteiger partial charge in [0.15, 0.2) is 0 Å². The van der Waals surface area contributed by atoms with Gasteiger partial charge in [0.2, 0.25) is 0 Å². The maximum absolute atomic E-state index is 3.82. The van der Waals surface area contributed by atoms with E-state index in [2.05, 4.69) is 65.1 Å². The van der Waals surface area contributed by atoms with Crippen LogP contribution in [0.15, 0.2) is 67.8 Å². The van der Waals surface area contributed by atoms with Crippen LogP contribution in [0.2, 0.25) is 0 Å². The molecule has 2 rings (SSSR count). The summed E-state index contributed by atoms with van der Waals surface area (Å²) >= 11 is 5.22. The second kappa shape index (κ2) is 8.18. The zero-order valence-electron chi connectivity index (χ0n) is 14.1. The van der Waals surface area contributed by atoms with E-state index >= 15 is 0 Å². The van der Waals surface area contributed by atoms with Gasteiger partial charge in [-0.1, -0.05) is 48.4 Å². The molecule has 0 atom stereocenters. The topological polar surface area (TPSA) is 0 Å². The van der Waals surface area contributed by atoms with Gasteiger partial charge in [-0.2, -0.15) is 0 Å². The van der Waals surface area contributed by atoms with E-state index in [0.29, 0.717) is 0 Å². The third kappa shape index (κ3) is 4.50. The van der Waals surface area contributed by atoms with Crippen molar-refractivity contribution in [1.29, 1.82) is 0 Å². The molecule has 0 heterocycles. The molecule has 0 saturated carbocycles. The second-order valence-electron chi connectivity index (χ2n) is 5.44. The number of aryl methyl sites for hydroxylation is 4. The molecule has 3 heteroatoms. The quantitative estimate of drug-likeness (QED) is 0.489. The highest BCUT2D eigenvalue weighted by Crippen LogP contribution is 2.37. The Bertz CT molecular complexity index is 635. The summed E-state index contributed by atoms with van der Waals surface area (Å²) in [5.41, 5.74) is 5.24. The first-order valence-electron chi connectivity index (χ1n) is 7.41. The standard InChI is InChI=1S/C20H22S3/c1-7-21-19-13(3)9-17(10-14(19)4)23-18-11-15(5)20(22-8-2)16(6)12-18/h7-12H,1-2H2,3-6H3. The highest BCUT2D eigenvalue weighted by atomic mass is 32.2. The molecule has 0 aromatic heterocycles. The fourth-order valence-corrected chi connectivity index (χ4v) is 5.14. The van der Waals surface area contributed by atoms with Crippen LogP contribution in [-0.2, 0) is 0 Å². The molecular formula is C20H22S3. The van der Waals surface area contributed by atoms with Crippen LogP contribution < -0.4 is 0 Å². The van der Waals surface area contributed by atoms with E-state index in [4.69, 9.17) is 0 Å². The van der Waals surface area contributed by atoms with Crippen molar-refractivity contribution in [2.75, 3.05) is 0 Å². The van der Waals surface area contributed by atoms with Gasteiger partial charge in [0.1, 0.15) is 0 Å². The summed E-state index contributed by atoms with van der Waals surface area (Å²) in [6.07, 6.45) is 0. The van der Waals surface area contributed by atoms with E-state index in [9.17, 15) is 0 Å². The van der Waals surface area contributed by atoms with Crippen LogP contribution in [0.3, 0.4) is 0 Å². The summed E-state index contributed by atoms with van der Waals surface area (Å²) in [6.45, 7) is 16.3. The number of benzene rings is 2. The molecule has 0 aliphatic heterocycles. The molecule has 0 radical (unpaired) electrons. The number of hydrogen-bond donors (Lipinski definition) is 0. The number of rotatable bonds is 6.